The molecule has 25 heavy (non-hydrogen) atoms. The van der Waals surface area contributed by atoms with Crippen molar-refractivity contribution in [1.82, 2.24) is 19.7 Å². The molecule has 0 N–H and O–H groups in total. The van der Waals surface area contributed by atoms with Crippen LogP contribution in [0.2, 0.25) is 0 Å². The Morgan fingerprint density at radius 3 is 3.04 bits per heavy atom. The van der Waals surface area contributed by atoms with Crippen LogP contribution >= 0.6 is 11.3 Å². The van der Waals surface area contributed by atoms with E-state index >= 15 is 0 Å². The molecule has 0 bridgehead atoms. The minimum Gasteiger partial charge on any atom is -0.342 e. The highest BCUT2D eigenvalue weighted by Gasteiger charge is 2.29. The molecule has 0 radical (unpaired) electrons. The summed E-state index contributed by atoms with van der Waals surface area (Å²) in [5.41, 5.74) is 0. The fourth-order valence-electron chi connectivity index (χ4n) is 4.07. The Morgan fingerprint density at radius 2 is 2.16 bits per heavy atom. The molecule has 2 aliphatic rings. The van der Waals surface area contributed by atoms with Gasteiger partial charge in [0.2, 0.25) is 5.91 Å². The van der Waals surface area contributed by atoms with Gasteiger partial charge in [-0.3, -0.25) is 4.79 Å². The van der Waals surface area contributed by atoms with Gasteiger partial charge in [-0.25, -0.2) is 0 Å². The molecule has 0 aliphatic carbocycles. The molecule has 1 saturated heterocycles. The first-order valence-electron chi connectivity index (χ1n) is 9.53. The number of hydrogen-bond donors (Lipinski definition) is 0. The molecule has 0 aromatic carbocycles. The third-order valence-corrected chi connectivity index (χ3v) is 6.38. The highest BCUT2D eigenvalue weighted by atomic mass is 32.1. The summed E-state index contributed by atoms with van der Waals surface area (Å²) in [7, 11) is 0. The van der Waals surface area contributed by atoms with E-state index in [2.05, 4.69) is 37.2 Å². The maximum Gasteiger partial charge on any atom is 0.222 e. The van der Waals surface area contributed by atoms with E-state index in [0.717, 1.165) is 57.0 Å². The number of aryl methyl sites for hydroxylation is 2. The van der Waals surface area contributed by atoms with E-state index in [1.807, 2.05) is 0 Å². The van der Waals surface area contributed by atoms with Crippen molar-refractivity contribution in [1.29, 1.82) is 0 Å². The van der Waals surface area contributed by atoms with E-state index in [9.17, 15) is 4.79 Å². The Labute approximate surface area is 153 Å². The van der Waals surface area contributed by atoms with Crippen LogP contribution in [0.5, 0.6) is 0 Å². The predicted octanol–water partition coefficient (Wildman–Crippen LogP) is 3.40. The molecule has 4 rings (SSSR count). The van der Waals surface area contributed by atoms with Crippen molar-refractivity contribution in [2.24, 2.45) is 0 Å². The number of hydrogen-bond acceptors (Lipinski definition) is 4. The number of likely N-dealkylation sites (tertiary alicyclic amines) is 1. The molecule has 5 nitrogen and oxygen atoms in total. The Balaban J connectivity index is 1.41. The van der Waals surface area contributed by atoms with Crippen molar-refractivity contribution in [3.63, 3.8) is 0 Å². The van der Waals surface area contributed by atoms with Gasteiger partial charge in [0.25, 0.3) is 0 Å². The van der Waals surface area contributed by atoms with Crippen molar-refractivity contribution >= 4 is 17.2 Å². The largest absolute Gasteiger partial charge is 0.342 e. The summed E-state index contributed by atoms with van der Waals surface area (Å²) in [5.74, 6) is 2.90. The van der Waals surface area contributed by atoms with E-state index in [0.29, 0.717) is 12.3 Å². The number of amides is 1. The predicted molar refractivity (Wildman–Crippen MR) is 98.8 cm³/mol. The van der Waals surface area contributed by atoms with Gasteiger partial charge < -0.3 is 9.47 Å². The highest BCUT2D eigenvalue weighted by Crippen LogP contribution is 2.28. The normalized spacial score (nSPS) is 21.0. The molecular weight excluding hydrogens is 332 g/mol. The van der Waals surface area contributed by atoms with Crippen molar-refractivity contribution in [2.45, 2.75) is 63.8 Å². The number of fused-ring (bicyclic) bond motifs is 1. The molecular formula is C19H26N4OS. The van der Waals surface area contributed by atoms with Crippen LogP contribution in [0.15, 0.2) is 17.5 Å². The maximum atomic E-state index is 12.6. The Bertz CT molecular complexity index is 709. The summed E-state index contributed by atoms with van der Waals surface area (Å²) >= 11 is 1.74. The third-order valence-electron chi connectivity index (χ3n) is 5.44. The molecule has 0 saturated carbocycles. The second-order valence-corrected chi connectivity index (χ2v) is 8.23. The zero-order valence-corrected chi connectivity index (χ0v) is 15.5. The molecule has 2 aromatic heterocycles. The first-order valence-corrected chi connectivity index (χ1v) is 10.4. The van der Waals surface area contributed by atoms with Crippen molar-refractivity contribution < 1.29 is 4.79 Å². The zero-order valence-electron chi connectivity index (χ0n) is 14.7. The van der Waals surface area contributed by atoms with E-state index in [1.54, 1.807) is 11.3 Å². The number of carbonyl (C=O) groups is 1. The molecule has 2 aliphatic heterocycles. The summed E-state index contributed by atoms with van der Waals surface area (Å²) < 4.78 is 2.34. The van der Waals surface area contributed by atoms with Gasteiger partial charge in [0.1, 0.15) is 11.6 Å². The van der Waals surface area contributed by atoms with Gasteiger partial charge in [-0.1, -0.05) is 12.5 Å². The van der Waals surface area contributed by atoms with Crippen LogP contribution in [-0.2, 0) is 24.2 Å². The molecule has 1 unspecified atom stereocenters. The van der Waals surface area contributed by atoms with Gasteiger partial charge in [0, 0.05) is 43.3 Å². The second kappa shape index (κ2) is 7.68. The number of piperidine rings is 1. The summed E-state index contributed by atoms with van der Waals surface area (Å²) in [6.07, 6.45) is 8.42. The average molecular weight is 359 g/mol. The molecule has 4 heterocycles. The molecule has 6 heteroatoms. The Hall–Kier alpha value is -1.69. The monoisotopic (exact) mass is 358 g/mol. The smallest absolute Gasteiger partial charge is 0.222 e. The first kappa shape index (κ1) is 16.8. The first-order chi connectivity index (χ1) is 12.3. The average Bonchev–Trinajstić information content (AvgIpc) is 3.25. The number of nitrogens with zero attached hydrogens (tertiary/aromatic N) is 4. The lowest BCUT2D eigenvalue weighted by Gasteiger charge is -2.32. The van der Waals surface area contributed by atoms with E-state index < -0.39 is 0 Å². The molecule has 1 fully saturated rings. The topological polar surface area (TPSA) is 51.0 Å². The fourth-order valence-corrected chi connectivity index (χ4v) is 4.78. The standard InChI is InChI=1S/C19H26N4OS/c24-18(10-9-16-7-5-13-25-16)22-11-4-6-15(14-22)19-21-20-17-8-2-1-3-12-23(17)19/h5,7,13,15H,1-4,6,8-12,14H2. The molecule has 134 valence electrons. The van der Waals surface area contributed by atoms with Gasteiger partial charge in [0.15, 0.2) is 0 Å². The number of rotatable bonds is 4. The van der Waals surface area contributed by atoms with Crippen molar-refractivity contribution in [2.75, 3.05) is 13.1 Å². The lowest BCUT2D eigenvalue weighted by molar-refractivity contribution is -0.132. The molecule has 1 amide bonds. The van der Waals surface area contributed by atoms with Crippen LogP contribution in [0.3, 0.4) is 0 Å². The lowest BCUT2D eigenvalue weighted by Crippen LogP contribution is -2.40. The fraction of sp³-hybridized carbons (Fsp3) is 0.632. The summed E-state index contributed by atoms with van der Waals surface area (Å²) in [4.78, 5) is 16.0. The number of carbonyl (C=O) groups excluding carboxylic acids is 1. The summed E-state index contributed by atoms with van der Waals surface area (Å²) in [6, 6.07) is 4.17. The zero-order chi connectivity index (χ0) is 17.1. The number of aromatic nitrogens is 3. The van der Waals surface area contributed by atoms with Crippen LogP contribution in [0.1, 0.15) is 61.0 Å². The van der Waals surface area contributed by atoms with E-state index in [1.165, 1.54) is 24.1 Å². The maximum absolute atomic E-state index is 12.6. The van der Waals surface area contributed by atoms with Gasteiger partial charge in [-0.2, -0.15) is 0 Å². The van der Waals surface area contributed by atoms with Crippen LogP contribution in [0, 0.1) is 0 Å². The SMILES string of the molecule is O=C(CCc1cccs1)N1CCCC(c2nnc3n2CCCCC3)C1. The number of thiophene rings is 1. The van der Waals surface area contributed by atoms with E-state index in [4.69, 9.17) is 0 Å². The highest BCUT2D eigenvalue weighted by molar-refractivity contribution is 7.09. The van der Waals surface area contributed by atoms with Gasteiger partial charge in [0.05, 0.1) is 0 Å². The third kappa shape index (κ3) is 3.78. The van der Waals surface area contributed by atoms with Gasteiger partial charge in [-0.05, 0) is 43.6 Å². The van der Waals surface area contributed by atoms with E-state index in [-0.39, 0.29) is 5.91 Å². The van der Waals surface area contributed by atoms with Crippen LogP contribution in [-0.4, -0.2) is 38.7 Å². The van der Waals surface area contributed by atoms with Crippen LogP contribution in [0.4, 0.5) is 0 Å². The minimum atomic E-state index is 0.286. The van der Waals surface area contributed by atoms with Crippen LogP contribution in [0.25, 0.3) is 0 Å². The Morgan fingerprint density at radius 1 is 1.20 bits per heavy atom. The quantitative estimate of drug-likeness (QED) is 0.842. The van der Waals surface area contributed by atoms with Crippen molar-refractivity contribution in [3.8, 4) is 0 Å². The van der Waals surface area contributed by atoms with Crippen molar-refractivity contribution in [3.05, 3.63) is 34.0 Å². The molecule has 0 spiro atoms. The minimum absolute atomic E-state index is 0.286. The molecule has 2 aromatic rings. The second-order valence-electron chi connectivity index (χ2n) is 7.19. The summed E-state index contributed by atoms with van der Waals surface area (Å²) in [5, 5.41) is 11.0. The summed E-state index contributed by atoms with van der Waals surface area (Å²) in [6.45, 7) is 2.74. The Kier molecular flexibility index (Phi) is 5.15. The lowest BCUT2D eigenvalue weighted by atomic mass is 9.96. The van der Waals surface area contributed by atoms with Crippen LogP contribution < -0.4 is 0 Å². The molecule has 1 atom stereocenters. The van der Waals surface area contributed by atoms with Gasteiger partial charge in [-0.15, -0.1) is 21.5 Å². The van der Waals surface area contributed by atoms with Gasteiger partial charge >= 0.3 is 0 Å².